The summed E-state index contributed by atoms with van der Waals surface area (Å²) in [5.74, 6) is -10.0. The molecule has 6 aromatic rings. The van der Waals surface area contributed by atoms with Gasteiger partial charge in [-0.3, -0.25) is 38.4 Å². The minimum atomic E-state index is -4.91. The number of aromatic carboxylic acids is 1. The first-order chi connectivity index (χ1) is 49.6. The van der Waals surface area contributed by atoms with Crippen molar-refractivity contribution < 1.29 is 149 Å². The van der Waals surface area contributed by atoms with E-state index in [1.54, 1.807) is 9.80 Å². The SMILES string of the molecule is C.COc1c2n(cc(C(=O)NCc3ccc(F)c(C(F)(F)F)c3)c1=O)C[C@@H]1O[C@H]3CC[C@H](C3)N1C2=O.COc1c2n(cc(C(=O)O)c1=O)C[C@@H]1O[C@H]3CC[C@H](C3)N1C2=O.NCc1ccc(F)c(C(F)(F)F)c1.O=C(NCc1ccc(F)c(C(F)(F)F)c1)c1cn2c(c(O)c1=O)C(=O)N1[C@@H]3CC[C@@H](C3)O[C@H]1C2.[Br-].[Br-].[Mg+2]. The van der Waals surface area contributed by atoms with Gasteiger partial charge in [0.2, 0.25) is 16.3 Å². The Morgan fingerprint density at radius 2 is 0.817 bits per heavy atom. The second kappa shape index (κ2) is 33.6. The number of aromatic nitrogens is 3. The third-order valence-electron chi connectivity index (χ3n) is 19.6. The maximum Gasteiger partial charge on any atom is 2.00 e. The number of ether oxygens (including phenoxy) is 5. The molecule has 3 aromatic heterocycles. The van der Waals surface area contributed by atoms with Crippen LogP contribution in [0, 0.1) is 17.5 Å². The minimum Gasteiger partial charge on any atom is -1.00 e. The number of alkyl halides is 9. The number of pyridine rings is 3. The molecule has 0 radical (unpaired) electrons. The number of halogens is 14. The maximum absolute atomic E-state index is 13.5. The number of carbonyl (C=O) groups is 6. The van der Waals surface area contributed by atoms with Crippen LogP contribution < -0.4 is 76.1 Å². The molecule has 6 aliphatic heterocycles. The van der Waals surface area contributed by atoms with Crippen molar-refractivity contribution in [3.05, 3.63) is 188 Å². The molecule has 6 fully saturated rings. The smallest absolute Gasteiger partial charge is 1.00 e. The molecule has 0 spiro atoms. The Morgan fingerprint density at radius 1 is 0.505 bits per heavy atom. The summed E-state index contributed by atoms with van der Waals surface area (Å²) >= 11 is 0. The molecule has 6 N–H and O–H groups in total. The summed E-state index contributed by atoms with van der Waals surface area (Å²) in [4.78, 5) is 119. The van der Waals surface area contributed by atoms with E-state index in [1.165, 1.54) is 51.3 Å². The number of nitrogens with one attached hydrogen (secondary N) is 2. The molecule has 584 valence electrons. The van der Waals surface area contributed by atoms with Gasteiger partial charge in [0.05, 0.1) is 68.9 Å². The standard InChI is InChI=1S/C23H21F4N3O5.C22H19F4N3O5.C15H16N2O6.C8H7F4N.CH4.2BrH.Mg/c1-34-20-18-22(33)30-12-3-4-13(7-12)35-17(30)10-29(18)9-14(19(20)31)21(32)28-8-11-2-5-16(24)15(6-11)23(25,26)27;23-15-4-1-10(5-14(15)22(24,25)26)7-27-20(32)13-8-28-9-16-29(11-2-3-12(6-11)34-16)21(33)17(28)19(31)18(13)30;1-22-13-11-14(19)17-7-2-3-8(4-7)23-10(17)6-16(11)5-9(12(13)18)15(20)21;9-7-2-1-5(4-13)3-6(7)8(10,11)12;;;;/h2,5-6,9,12-13,17H,3-4,7-8,10H2,1H3,(H,28,32);1,4-5,8,11-12,16,31H,2-3,6-7,9H2,(H,27,32);5,7-8,10H,2-4,6H2,1H3,(H,20,21);1-3H,4,13H2;1H4;2*1H;/q;;;;;;;+2/p-2/t12-,13+,17+;11-,12+,16+;7-,8+,10+;;;;;/m111...../s1. The van der Waals surface area contributed by atoms with Gasteiger partial charge in [0.15, 0.2) is 53.0 Å². The molecule has 3 aromatic carbocycles. The number of carbonyl (C=O) groups excluding carboxylic acids is 5. The Hall–Kier alpha value is -8.54. The summed E-state index contributed by atoms with van der Waals surface area (Å²) in [6, 6.07) is 7.43. The summed E-state index contributed by atoms with van der Waals surface area (Å²) in [7, 11) is 2.48. The van der Waals surface area contributed by atoms with E-state index in [1.807, 2.05) is 0 Å². The van der Waals surface area contributed by atoms with Gasteiger partial charge in [-0.05, 0) is 111 Å². The van der Waals surface area contributed by atoms with Crippen molar-refractivity contribution in [2.45, 2.75) is 178 Å². The van der Waals surface area contributed by atoms with E-state index in [0.29, 0.717) is 37.2 Å². The third kappa shape index (κ3) is 17.0. The van der Waals surface area contributed by atoms with E-state index in [-0.39, 0.29) is 184 Å². The van der Waals surface area contributed by atoms with E-state index in [2.05, 4.69) is 10.6 Å². The number of nitrogens with zero attached hydrogens (tertiary/aromatic N) is 6. The molecule has 9 aliphatic rings. The zero-order chi connectivity index (χ0) is 75.8. The van der Waals surface area contributed by atoms with Crippen LogP contribution >= 0.6 is 0 Å². The van der Waals surface area contributed by atoms with Crippen LogP contribution in [-0.4, -0.2) is 167 Å². The number of rotatable bonds is 10. The fourth-order valence-electron chi connectivity index (χ4n) is 14.8. The molecule has 25 nitrogen and oxygen atoms in total. The Balaban J connectivity index is 0.000000190. The van der Waals surface area contributed by atoms with Crippen LogP contribution in [0.2, 0.25) is 0 Å². The minimum absolute atomic E-state index is 0. The molecule has 3 saturated carbocycles. The Bertz CT molecular complexity index is 4740. The number of nitrogens with two attached hydrogens (primary N) is 1. The predicted octanol–water partition coefficient (Wildman–Crippen LogP) is 1.91. The molecule has 109 heavy (non-hydrogen) atoms. The van der Waals surface area contributed by atoms with Crippen LogP contribution in [0.5, 0.6) is 17.2 Å². The van der Waals surface area contributed by atoms with Gasteiger partial charge in [0, 0.05) is 56.4 Å². The first-order valence-electron chi connectivity index (χ1n) is 32.7. The zero-order valence-corrected chi connectivity index (χ0v) is 61.2. The Labute approximate surface area is 647 Å². The van der Waals surface area contributed by atoms with Gasteiger partial charge < -0.3 is 113 Å². The molecule has 5 amide bonds. The van der Waals surface area contributed by atoms with Gasteiger partial charge in [-0.15, -0.1) is 0 Å². The number of carboxylic acid groups (broad SMARTS) is 1. The van der Waals surface area contributed by atoms with Crippen LogP contribution in [0.1, 0.15) is 161 Å². The molecule has 40 heteroatoms. The van der Waals surface area contributed by atoms with E-state index in [9.17, 15) is 106 Å². The fraction of sp³-hybridized carbons (Fsp3) is 0.435. The van der Waals surface area contributed by atoms with Crippen molar-refractivity contribution in [2.75, 3.05) is 14.2 Å². The number of methoxy groups -OCH3 is 2. The van der Waals surface area contributed by atoms with Crippen molar-refractivity contribution in [3.63, 3.8) is 0 Å². The van der Waals surface area contributed by atoms with Gasteiger partial charge in [-0.2, -0.15) is 39.5 Å². The van der Waals surface area contributed by atoms with E-state index < -0.39 is 141 Å². The predicted molar refractivity (Wildman–Crippen MR) is 348 cm³/mol. The summed E-state index contributed by atoms with van der Waals surface area (Å²) < 4.78 is 186. The van der Waals surface area contributed by atoms with Gasteiger partial charge in [-0.25, -0.2) is 18.0 Å². The average molecular weight is 1690 g/mol. The second-order valence-corrected chi connectivity index (χ2v) is 26.0. The first kappa shape index (κ1) is 86.1. The molecule has 3 saturated heterocycles. The van der Waals surface area contributed by atoms with Crippen LogP contribution in [-0.2, 0) is 72.0 Å². The van der Waals surface area contributed by atoms with Crippen molar-refractivity contribution in [1.29, 1.82) is 0 Å². The number of fused-ring (bicyclic) bond motifs is 15. The van der Waals surface area contributed by atoms with Crippen molar-refractivity contribution in [1.82, 2.24) is 39.0 Å². The number of aromatic hydroxyl groups is 1. The molecular formula is C69H67Br2F12MgN9O16. The topological polar surface area (TPSA) is 315 Å². The number of carboxylic acids is 1. The molecule has 9 atom stereocenters. The van der Waals surface area contributed by atoms with Crippen LogP contribution in [0.4, 0.5) is 52.7 Å². The monoisotopic (exact) mass is 1690 g/mol. The first-order valence-corrected chi connectivity index (χ1v) is 32.7. The van der Waals surface area contributed by atoms with Gasteiger partial charge in [0.25, 0.3) is 29.5 Å². The van der Waals surface area contributed by atoms with E-state index >= 15 is 0 Å². The quantitative estimate of drug-likeness (QED) is 0.0966. The molecule has 9 heterocycles. The molecule has 3 aliphatic carbocycles. The van der Waals surface area contributed by atoms with E-state index in [0.717, 1.165) is 81.8 Å². The molecule has 6 bridgehead atoms. The zero-order valence-electron chi connectivity index (χ0n) is 56.6. The van der Waals surface area contributed by atoms with Crippen molar-refractivity contribution in [2.24, 2.45) is 5.73 Å². The normalized spacial score (nSPS) is 22.1. The average Bonchev–Trinajstić information content (AvgIpc) is 1.74. The summed E-state index contributed by atoms with van der Waals surface area (Å²) in [6.45, 7) is -0.249. The largest absolute Gasteiger partial charge is 2.00 e. The number of hydrogen-bond donors (Lipinski definition) is 5. The number of hydrogen-bond acceptors (Lipinski definition) is 16. The van der Waals surface area contributed by atoms with Gasteiger partial charge in [-0.1, -0.05) is 25.6 Å². The molecular weight excluding hydrogens is 1620 g/mol. The van der Waals surface area contributed by atoms with E-state index in [4.69, 9.17) is 29.4 Å². The third-order valence-corrected chi connectivity index (χ3v) is 19.6. The van der Waals surface area contributed by atoms with Gasteiger partial charge >= 0.3 is 47.6 Å². The van der Waals surface area contributed by atoms with Gasteiger partial charge in [0.1, 0.15) is 34.1 Å². The van der Waals surface area contributed by atoms with Crippen LogP contribution in [0.15, 0.2) is 87.6 Å². The Kier molecular flexibility index (Phi) is 26.5. The molecule has 0 unspecified atom stereocenters. The van der Waals surface area contributed by atoms with Crippen molar-refractivity contribution >= 4 is 58.6 Å². The fourth-order valence-corrected chi connectivity index (χ4v) is 14.8. The number of benzene rings is 3. The van der Waals surface area contributed by atoms with Crippen molar-refractivity contribution in [3.8, 4) is 17.2 Å². The second-order valence-electron chi connectivity index (χ2n) is 26.0. The summed E-state index contributed by atoms with van der Waals surface area (Å²) in [5, 5.41) is 24.3. The maximum atomic E-state index is 13.5. The van der Waals surface area contributed by atoms with Crippen LogP contribution in [0.25, 0.3) is 0 Å². The summed E-state index contributed by atoms with van der Waals surface area (Å²) in [6.07, 6.45) is -4.99. The summed E-state index contributed by atoms with van der Waals surface area (Å²) in [5.41, 5.74) is -2.89. The van der Waals surface area contributed by atoms with Crippen LogP contribution in [0.3, 0.4) is 0 Å². The molecule has 15 rings (SSSR count). The Morgan fingerprint density at radius 3 is 1.16 bits per heavy atom. The number of amides is 5.